The van der Waals surface area contributed by atoms with Gasteiger partial charge in [-0.2, -0.15) is 0 Å². The molecule has 0 radical (unpaired) electrons. The highest BCUT2D eigenvalue weighted by Crippen LogP contribution is 1.56. The SMILES string of the molecule is C=CC(=O)NC.NC(=O)NCO. The van der Waals surface area contributed by atoms with Crippen LogP contribution in [0.3, 0.4) is 0 Å². The number of nitrogens with two attached hydrogens (primary N) is 1. The number of likely N-dealkylation sites (N-methyl/N-ethyl adjacent to an activating group) is 1. The Kier molecular flexibility index (Phi) is 10.3. The molecule has 0 bridgehead atoms. The molecule has 0 heterocycles. The smallest absolute Gasteiger partial charge is 0.313 e. The molecule has 0 saturated carbocycles. The number of aliphatic hydroxyl groups excluding tert-OH is 1. The van der Waals surface area contributed by atoms with Gasteiger partial charge in [0.1, 0.15) is 6.73 Å². The lowest BCUT2D eigenvalue weighted by Crippen LogP contribution is -2.29. The van der Waals surface area contributed by atoms with E-state index in [9.17, 15) is 9.59 Å². The molecule has 0 aliphatic rings. The van der Waals surface area contributed by atoms with E-state index in [2.05, 4.69) is 17.6 Å². The zero-order chi connectivity index (χ0) is 9.98. The van der Waals surface area contributed by atoms with Crippen molar-refractivity contribution in [2.75, 3.05) is 13.8 Å². The van der Waals surface area contributed by atoms with Crippen molar-refractivity contribution in [1.29, 1.82) is 0 Å². The van der Waals surface area contributed by atoms with Gasteiger partial charge in [0.05, 0.1) is 0 Å². The molecule has 0 saturated heterocycles. The summed E-state index contributed by atoms with van der Waals surface area (Å²) in [5, 5.41) is 12.1. The molecule has 0 rings (SSSR count). The lowest BCUT2D eigenvalue weighted by atomic mass is 10.6. The van der Waals surface area contributed by atoms with Crippen molar-refractivity contribution in [3.05, 3.63) is 12.7 Å². The Morgan fingerprint density at radius 3 is 2.17 bits per heavy atom. The molecular formula is C6H13N3O3. The van der Waals surface area contributed by atoms with E-state index in [1.165, 1.54) is 6.08 Å². The van der Waals surface area contributed by atoms with Gasteiger partial charge >= 0.3 is 6.03 Å². The molecule has 3 amide bonds. The average Bonchev–Trinajstić information content (AvgIpc) is 2.04. The number of nitrogens with one attached hydrogen (secondary N) is 2. The number of amides is 3. The van der Waals surface area contributed by atoms with Gasteiger partial charge in [0, 0.05) is 7.05 Å². The van der Waals surface area contributed by atoms with E-state index in [4.69, 9.17) is 5.11 Å². The number of primary amides is 1. The van der Waals surface area contributed by atoms with E-state index in [0.29, 0.717) is 0 Å². The number of hydrogen-bond donors (Lipinski definition) is 4. The standard InChI is InChI=1S/C4H7NO.C2H6N2O2/c1-3-4(6)5-2;3-2(6)4-1-5/h3H,1H2,2H3,(H,5,6);5H,1H2,(H3,3,4,6). The molecule has 70 valence electrons. The van der Waals surface area contributed by atoms with Gasteiger partial charge in [-0.05, 0) is 6.08 Å². The van der Waals surface area contributed by atoms with Gasteiger partial charge in [-0.1, -0.05) is 6.58 Å². The Bertz CT molecular complexity index is 158. The van der Waals surface area contributed by atoms with E-state index in [0.717, 1.165) is 0 Å². The number of rotatable bonds is 2. The highest BCUT2D eigenvalue weighted by molar-refractivity contribution is 5.86. The molecule has 6 heteroatoms. The molecule has 0 spiro atoms. The normalized spacial score (nSPS) is 7.17. The second kappa shape index (κ2) is 9.44. The fourth-order valence-corrected chi connectivity index (χ4v) is 0.180. The molecule has 6 nitrogen and oxygen atoms in total. The van der Waals surface area contributed by atoms with Crippen LogP contribution in [-0.2, 0) is 4.79 Å². The monoisotopic (exact) mass is 175 g/mol. The zero-order valence-electron chi connectivity index (χ0n) is 6.83. The average molecular weight is 175 g/mol. The van der Waals surface area contributed by atoms with Gasteiger partial charge in [0.15, 0.2) is 0 Å². The summed E-state index contributed by atoms with van der Waals surface area (Å²) in [5.74, 6) is -0.144. The summed E-state index contributed by atoms with van der Waals surface area (Å²) in [6.45, 7) is 2.83. The van der Waals surface area contributed by atoms with Crippen LogP contribution < -0.4 is 16.4 Å². The quantitative estimate of drug-likeness (QED) is 0.304. The van der Waals surface area contributed by atoms with Crippen molar-refractivity contribution in [3.8, 4) is 0 Å². The molecule has 0 unspecified atom stereocenters. The summed E-state index contributed by atoms with van der Waals surface area (Å²) in [7, 11) is 1.56. The molecule has 5 N–H and O–H groups in total. The highest BCUT2D eigenvalue weighted by atomic mass is 16.3. The maximum Gasteiger partial charge on any atom is 0.313 e. The molecule has 0 aromatic rings. The molecule has 12 heavy (non-hydrogen) atoms. The van der Waals surface area contributed by atoms with E-state index in [1.54, 1.807) is 7.05 Å². The molecule has 0 aromatic carbocycles. The largest absolute Gasteiger partial charge is 0.376 e. The summed E-state index contributed by atoms with van der Waals surface area (Å²) in [5.41, 5.74) is 4.49. The number of hydrogen-bond acceptors (Lipinski definition) is 3. The maximum atomic E-state index is 9.95. The minimum Gasteiger partial charge on any atom is -0.376 e. The van der Waals surface area contributed by atoms with E-state index in [1.807, 2.05) is 5.32 Å². The van der Waals surface area contributed by atoms with Gasteiger partial charge in [0.25, 0.3) is 0 Å². The summed E-state index contributed by atoms with van der Waals surface area (Å²) < 4.78 is 0. The maximum absolute atomic E-state index is 9.95. The van der Waals surface area contributed by atoms with Crippen LogP contribution in [0.4, 0.5) is 4.79 Å². The Hall–Kier alpha value is -1.56. The first-order valence-corrected chi connectivity index (χ1v) is 3.06. The van der Waals surface area contributed by atoms with Crippen LogP contribution in [0.2, 0.25) is 0 Å². The first-order valence-electron chi connectivity index (χ1n) is 3.06. The first kappa shape index (κ1) is 13.1. The lowest BCUT2D eigenvalue weighted by Gasteiger charge is -1.88. The topological polar surface area (TPSA) is 104 Å². The summed E-state index contributed by atoms with van der Waals surface area (Å²) in [4.78, 5) is 19.5. The van der Waals surface area contributed by atoms with Crippen molar-refractivity contribution in [2.45, 2.75) is 0 Å². The fourth-order valence-electron chi connectivity index (χ4n) is 0.180. The van der Waals surface area contributed by atoms with Gasteiger partial charge in [-0.3, -0.25) is 4.79 Å². The highest BCUT2D eigenvalue weighted by Gasteiger charge is 1.80. The Balaban J connectivity index is 0. The van der Waals surface area contributed by atoms with E-state index >= 15 is 0 Å². The van der Waals surface area contributed by atoms with E-state index < -0.39 is 12.8 Å². The number of aliphatic hydroxyl groups is 1. The third kappa shape index (κ3) is 15.8. The first-order chi connectivity index (χ1) is 5.58. The Labute approximate surface area is 70.4 Å². The minimum absolute atomic E-state index is 0.144. The van der Waals surface area contributed by atoms with Crippen molar-refractivity contribution in [1.82, 2.24) is 10.6 Å². The van der Waals surface area contributed by atoms with Crippen molar-refractivity contribution in [3.63, 3.8) is 0 Å². The predicted molar refractivity (Wildman–Crippen MR) is 44.1 cm³/mol. The van der Waals surface area contributed by atoms with Gasteiger partial charge < -0.3 is 21.5 Å². The van der Waals surface area contributed by atoms with Gasteiger partial charge in [-0.15, -0.1) is 0 Å². The Morgan fingerprint density at radius 2 is 2.17 bits per heavy atom. The van der Waals surface area contributed by atoms with E-state index in [-0.39, 0.29) is 5.91 Å². The molecule has 0 fully saturated rings. The molecule has 0 aliphatic carbocycles. The minimum atomic E-state index is -0.711. The fraction of sp³-hybridized carbons (Fsp3) is 0.333. The lowest BCUT2D eigenvalue weighted by molar-refractivity contribution is -0.116. The van der Waals surface area contributed by atoms with Crippen LogP contribution >= 0.6 is 0 Å². The van der Waals surface area contributed by atoms with Gasteiger partial charge in [0.2, 0.25) is 5.91 Å². The van der Waals surface area contributed by atoms with Gasteiger partial charge in [-0.25, -0.2) is 4.79 Å². The number of carbonyl (C=O) groups is 2. The van der Waals surface area contributed by atoms with Crippen LogP contribution in [-0.4, -0.2) is 30.8 Å². The van der Waals surface area contributed by atoms with Crippen molar-refractivity contribution in [2.24, 2.45) is 5.73 Å². The Morgan fingerprint density at radius 1 is 1.67 bits per heavy atom. The third-order valence-electron chi connectivity index (χ3n) is 0.685. The van der Waals surface area contributed by atoms with Crippen LogP contribution in [0, 0.1) is 0 Å². The summed E-state index contributed by atoms with van der Waals surface area (Å²) in [6, 6.07) is -0.711. The van der Waals surface area contributed by atoms with Crippen LogP contribution in [0.25, 0.3) is 0 Å². The van der Waals surface area contributed by atoms with Crippen LogP contribution in [0.5, 0.6) is 0 Å². The zero-order valence-corrected chi connectivity index (χ0v) is 6.83. The molecule has 0 atom stereocenters. The molecular weight excluding hydrogens is 162 g/mol. The second-order valence-electron chi connectivity index (χ2n) is 1.52. The summed E-state index contributed by atoms with van der Waals surface area (Å²) in [6.07, 6.45) is 1.22. The van der Waals surface area contributed by atoms with Crippen LogP contribution in [0.1, 0.15) is 0 Å². The van der Waals surface area contributed by atoms with Crippen molar-refractivity contribution >= 4 is 11.9 Å². The van der Waals surface area contributed by atoms with Crippen molar-refractivity contribution < 1.29 is 14.7 Å². The third-order valence-corrected chi connectivity index (χ3v) is 0.685. The predicted octanol–water partition coefficient (Wildman–Crippen LogP) is -1.48. The molecule has 0 aromatic heterocycles. The number of urea groups is 1. The second-order valence-corrected chi connectivity index (χ2v) is 1.52. The number of carbonyl (C=O) groups excluding carboxylic acids is 2. The summed E-state index contributed by atoms with van der Waals surface area (Å²) >= 11 is 0. The van der Waals surface area contributed by atoms with Crippen LogP contribution in [0.15, 0.2) is 12.7 Å². The molecule has 0 aliphatic heterocycles.